The predicted octanol–water partition coefficient (Wildman–Crippen LogP) is 3.77. The van der Waals surface area contributed by atoms with Gasteiger partial charge in [0.05, 0.1) is 0 Å². The van der Waals surface area contributed by atoms with Gasteiger partial charge < -0.3 is 20.1 Å². The summed E-state index contributed by atoms with van der Waals surface area (Å²) in [5, 5.41) is 0. The first-order valence-electron chi connectivity index (χ1n) is 12.2. The van der Waals surface area contributed by atoms with Crippen LogP contribution in [0.4, 0.5) is 5.69 Å². The number of benzene rings is 2. The van der Waals surface area contributed by atoms with Crippen LogP contribution in [0, 0.1) is 0 Å². The number of likely N-dealkylation sites (tertiary alicyclic amines) is 1. The summed E-state index contributed by atoms with van der Waals surface area (Å²) in [7, 11) is 0. The molecular formula is C27H31N3O3. The Hall–Kier alpha value is -2.83. The van der Waals surface area contributed by atoms with Gasteiger partial charge in [0.2, 0.25) is 0 Å². The molecule has 0 radical (unpaired) electrons. The van der Waals surface area contributed by atoms with Crippen molar-refractivity contribution < 1.29 is 14.3 Å². The molecule has 2 aromatic rings. The summed E-state index contributed by atoms with van der Waals surface area (Å²) < 4.78 is 12.1. The van der Waals surface area contributed by atoms with Gasteiger partial charge in [0.25, 0.3) is 5.91 Å². The second-order valence-corrected chi connectivity index (χ2v) is 9.79. The average Bonchev–Trinajstić information content (AvgIpc) is 3.72. The summed E-state index contributed by atoms with van der Waals surface area (Å²) in [6.07, 6.45) is 6.78. The zero-order valence-electron chi connectivity index (χ0n) is 18.9. The Kier molecular flexibility index (Phi) is 5.35. The van der Waals surface area contributed by atoms with Gasteiger partial charge in [0.1, 0.15) is 18.1 Å². The van der Waals surface area contributed by atoms with Crippen LogP contribution >= 0.6 is 0 Å². The van der Waals surface area contributed by atoms with Gasteiger partial charge in [-0.25, -0.2) is 0 Å². The minimum atomic E-state index is -0.0918. The largest absolute Gasteiger partial charge is 0.492 e. The number of hydrogen-bond acceptors (Lipinski definition) is 5. The van der Waals surface area contributed by atoms with Crippen molar-refractivity contribution in [1.29, 1.82) is 0 Å². The van der Waals surface area contributed by atoms with Crippen molar-refractivity contribution in [3.05, 3.63) is 65.4 Å². The van der Waals surface area contributed by atoms with Gasteiger partial charge >= 0.3 is 0 Å². The van der Waals surface area contributed by atoms with Gasteiger partial charge in [-0.15, -0.1) is 0 Å². The van der Waals surface area contributed by atoms with Crippen molar-refractivity contribution in [1.82, 2.24) is 4.90 Å². The number of ether oxygens (including phenoxy) is 2. The lowest BCUT2D eigenvalue weighted by molar-refractivity contribution is -0.116. The van der Waals surface area contributed by atoms with Crippen LogP contribution in [0.1, 0.15) is 48.6 Å². The smallest absolute Gasteiger partial charge is 0.294 e. The monoisotopic (exact) mass is 445 g/mol. The van der Waals surface area contributed by atoms with Gasteiger partial charge in [0.15, 0.2) is 5.76 Å². The molecule has 0 aromatic heterocycles. The number of amides is 1. The van der Waals surface area contributed by atoms with E-state index in [-0.39, 0.29) is 5.91 Å². The fourth-order valence-electron chi connectivity index (χ4n) is 4.76. The molecule has 6 heteroatoms. The molecule has 1 saturated heterocycles. The summed E-state index contributed by atoms with van der Waals surface area (Å²) in [6.45, 7) is 3.99. The normalized spacial score (nSPS) is 21.2. The van der Waals surface area contributed by atoms with E-state index in [1.54, 1.807) is 4.90 Å². The standard InChI is InChI=1S/C27H31N3O3/c28-21-16-29(17-21)13-14-32-25-10-7-22(15-24(25)20-3-4-20)30-12-11-26(27(30)31)33-23-8-5-19(6-9-23)18-1-2-18/h5-11,15,18,20-21H,1-4,12-14,16-17,28H2. The van der Waals surface area contributed by atoms with Crippen molar-refractivity contribution >= 4 is 11.6 Å². The Balaban J connectivity index is 1.10. The van der Waals surface area contributed by atoms with Crippen molar-refractivity contribution in [3.63, 3.8) is 0 Å². The van der Waals surface area contributed by atoms with Crippen LogP contribution in [0.5, 0.6) is 11.5 Å². The molecule has 6 rings (SSSR count). The molecule has 1 amide bonds. The molecule has 0 spiro atoms. The summed E-state index contributed by atoms with van der Waals surface area (Å²) in [6, 6.07) is 14.6. The highest BCUT2D eigenvalue weighted by molar-refractivity contribution is 6.07. The van der Waals surface area contributed by atoms with Crippen LogP contribution in [-0.2, 0) is 4.79 Å². The number of hydrogen-bond donors (Lipinski definition) is 1. The lowest BCUT2D eigenvalue weighted by atomic mass is 10.1. The second kappa shape index (κ2) is 8.50. The number of anilines is 1. The Morgan fingerprint density at radius 2 is 1.73 bits per heavy atom. The van der Waals surface area contributed by atoms with Crippen molar-refractivity contribution in [3.8, 4) is 11.5 Å². The molecular weight excluding hydrogens is 414 g/mol. The van der Waals surface area contributed by atoms with Crippen molar-refractivity contribution in [2.75, 3.05) is 37.7 Å². The molecule has 6 nitrogen and oxygen atoms in total. The predicted molar refractivity (Wildman–Crippen MR) is 128 cm³/mol. The third-order valence-electron chi connectivity index (χ3n) is 7.04. The van der Waals surface area contributed by atoms with Gasteiger partial charge in [-0.1, -0.05) is 12.1 Å². The van der Waals surface area contributed by atoms with E-state index in [4.69, 9.17) is 15.2 Å². The first-order valence-corrected chi connectivity index (χ1v) is 12.2. The quantitative estimate of drug-likeness (QED) is 0.636. The van der Waals surface area contributed by atoms with Gasteiger partial charge in [-0.05, 0) is 85.1 Å². The Morgan fingerprint density at radius 3 is 2.42 bits per heavy atom. The van der Waals surface area contributed by atoms with Crippen LogP contribution in [-0.4, -0.2) is 49.6 Å². The molecule has 2 saturated carbocycles. The minimum Gasteiger partial charge on any atom is -0.492 e. The van der Waals surface area contributed by atoms with E-state index >= 15 is 0 Å². The maximum absolute atomic E-state index is 13.1. The van der Waals surface area contributed by atoms with Crippen molar-refractivity contribution in [2.45, 2.75) is 43.6 Å². The SMILES string of the molecule is NC1CN(CCOc2ccc(N3CC=C(Oc4ccc(C5CC5)cc4)C3=O)cc2C2CC2)C1. The van der Waals surface area contributed by atoms with E-state index < -0.39 is 0 Å². The Morgan fingerprint density at radius 1 is 0.970 bits per heavy atom. The molecule has 172 valence electrons. The number of carbonyl (C=O) groups is 1. The molecule has 2 N–H and O–H groups in total. The molecule has 33 heavy (non-hydrogen) atoms. The summed E-state index contributed by atoms with van der Waals surface area (Å²) in [5.41, 5.74) is 9.33. The van der Waals surface area contributed by atoms with E-state index in [9.17, 15) is 4.79 Å². The van der Waals surface area contributed by atoms with Crippen LogP contribution < -0.4 is 20.1 Å². The highest BCUT2D eigenvalue weighted by Crippen LogP contribution is 2.46. The third-order valence-corrected chi connectivity index (χ3v) is 7.04. The van der Waals surface area contributed by atoms with Crippen LogP contribution in [0.25, 0.3) is 0 Å². The number of nitrogens with zero attached hydrogens (tertiary/aromatic N) is 2. The average molecular weight is 446 g/mol. The Bertz CT molecular complexity index is 1070. The highest BCUT2D eigenvalue weighted by Gasteiger charge is 2.31. The van der Waals surface area contributed by atoms with Gasteiger partial charge in [-0.2, -0.15) is 0 Å². The molecule has 2 aromatic carbocycles. The number of carbonyl (C=O) groups excluding carboxylic acids is 1. The first-order chi connectivity index (χ1) is 16.1. The van der Waals surface area contributed by atoms with Crippen molar-refractivity contribution in [2.24, 2.45) is 5.73 Å². The lowest BCUT2D eigenvalue weighted by Crippen LogP contribution is -2.56. The van der Waals surface area contributed by atoms with E-state index in [1.807, 2.05) is 30.3 Å². The maximum atomic E-state index is 13.1. The minimum absolute atomic E-state index is 0.0918. The lowest BCUT2D eigenvalue weighted by Gasteiger charge is -2.36. The zero-order chi connectivity index (χ0) is 22.4. The molecule has 0 unspecified atom stereocenters. The fraction of sp³-hybridized carbons (Fsp3) is 0.444. The summed E-state index contributed by atoms with van der Waals surface area (Å²) in [4.78, 5) is 17.2. The molecule has 3 fully saturated rings. The van der Waals surface area contributed by atoms with Gasteiger partial charge in [0, 0.05) is 37.9 Å². The third kappa shape index (κ3) is 4.50. The fourth-order valence-corrected chi connectivity index (χ4v) is 4.76. The number of nitrogens with two attached hydrogens (primary N) is 1. The van der Waals surface area contributed by atoms with Gasteiger partial charge in [-0.3, -0.25) is 9.69 Å². The Labute approximate surface area is 194 Å². The first kappa shape index (κ1) is 20.8. The zero-order valence-corrected chi connectivity index (χ0v) is 18.9. The maximum Gasteiger partial charge on any atom is 0.294 e. The summed E-state index contributed by atoms with van der Waals surface area (Å²) in [5.74, 6) is 3.21. The van der Waals surface area contributed by atoms with Crippen LogP contribution in [0.2, 0.25) is 0 Å². The van der Waals surface area contributed by atoms with E-state index in [0.29, 0.717) is 42.5 Å². The molecule has 2 aliphatic heterocycles. The topological polar surface area (TPSA) is 68.0 Å². The molecule has 4 aliphatic rings. The van der Waals surface area contributed by atoms with Crippen LogP contribution in [0.3, 0.4) is 0 Å². The molecule has 0 bridgehead atoms. The molecule has 2 aliphatic carbocycles. The van der Waals surface area contributed by atoms with E-state index in [0.717, 1.165) is 31.1 Å². The summed E-state index contributed by atoms with van der Waals surface area (Å²) >= 11 is 0. The van der Waals surface area contributed by atoms with E-state index in [1.165, 1.54) is 36.8 Å². The van der Waals surface area contributed by atoms with Crippen LogP contribution in [0.15, 0.2) is 54.3 Å². The molecule has 2 heterocycles. The second-order valence-electron chi connectivity index (χ2n) is 9.79. The molecule has 0 atom stereocenters. The number of rotatable bonds is 9. The van der Waals surface area contributed by atoms with E-state index in [2.05, 4.69) is 23.1 Å². The highest BCUT2D eigenvalue weighted by atomic mass is 16.5.